The summed E-state index contributed by atoms with van der Waals surface area (Å²) in [6.07, 6.45) is 3.18. The molecular formula is C16H20INO3. The Labute approximate surface area is 139 Å². The fourth-order valence-electron chi connectivity index (χ4n) is 2.82. The zero-order valence-corrected chi connectivity index (χ0v) is 14.5. The Balaban J connectivity index is 1.95. The molecule has 1 aliphatic heterocycles. The normalized spacial score (nSPS) is 22.0. The average molecular weight is 401 g/mol. The number of ether oxygens (including phenoxy) is 1. The second kappa shape index (κ2) is 7.24. The smallest absolute Gasteiger partial charge is 0.339 e. The number of likely N-dealkylation sites (tertiary alicyclic amines) is 1. The van der Waals surface area contributed by atoms with Gasteiger partial charge in [-0.25, -0.2) is 4.79 Å². The van der Waals surface area contributed by atoms with Crippen molar-refractivity contribution in [3.05, 3.63) is 33.4 Å². The highest BCUT2D eigenvalue weighted by Gasteiger charge is 2.29. The van der Waals surface area contributed by atoms with Gasteiger partial charge in [-0.05, 0) is 67.8 Å². The molecule has 1 aliphatic rings. The van der Waals surface area contributed by atoms with Crippen LogP contribution in [-0.2, 0) is 9.53 Å². The van der Waals surface area contributed by atoms with Gasteiger partial charge in [0.1, 0.15) is 0 Å². The molecule has 0 aromatic heterocycles. The van der Waals surface area contributed by atoms with Crippen LogP contribution in [0.4, 0.5) is 0 Å². The second-order valence-electron chi connectivity index (χ2n) is 5.49. The molecule has 2 atom stereocenters. The molecule has 1 saturated heterocycles. The van der Waals surface area contributed by atoms with E-state index in [9.17, 15) is 9.59 Å². The second-order valence-corrected chi connectivity index (χ2v) is 6.65. The third-order valence-corrected chi connectivity index (χ3v) is 4.84. The van der Waals surface area contributed by atoms with Crippen molar-refractivity contribution in [1.82, 2.24) is 4.90 Å². The number of benzene rings is 1. The number of piperidine rings is 1. The third-order valence-electron chi connectivity index (χ3n) is 3.90. The van der Waals surface area contributed by atoms with Gasteiger partial charge in [0, 0.05) is 15.7 Å². The molecule has 0 radical (unpaired) electrons. The lowest BCUT2D eigenvalue weighted by molar-refractivity contribution is -0.140. The van der Waals surface area contributed by atoms with E-state index in [4.69, 9.17) is 4.74 Å². The molecule has 1 heterocycles. The number of hydrogen-bond acceptors (Lipinski definition) is 3. The largest absolute Gasteiger partial charge is 0.452 e. The first-order valence-electron chi connectivity index (χ1n) is 7.23. The molecule has 0 bridgehead atoms. The quantitative estimate of drug-likeness (QED) is 0.577. The minimum absolute atomic E-state index is 0.103. The lowest BCUT2D eigenvalue weighted by atomic mass is 9.97. The summed E-state index contributed by atoms with van der Waals surface area (Å²) >= 11 is 2.09. The van der Waals surface area contributed by atoms with E-state index in [1.807, 2.05) is 17.0 Å². The van der Waals surface area contributed by atoms with E-state index in [-0.39, 0.29) is 24.6 Å². The van der Waals surface area contributed by atoms with Crippen molar-refractivity contribution >= 4 is 34.5 Å². The highest BCUT2D eigenvalue weighted by molar-refractivity contribution is 14.1. The van der Waals surface area contributed by atoms with Gasteiger partial charge < -0.3 is 9.64 Å². The summed E-state index contributed by atoms with van der Waals surface area (Å²) in [5, 5.41) is 0. The van der Waals surface area contributed by atoms with Gasteiger partial charge in [-0.15, -0.1) is 0 Å². The lowest BCUT2D eigenvalue weighted by Crippen LogP contribution is -2.49. The molecule has 0 saturated carbocycles. The van der Waals surface area contributed by atoms with Crippen LogP contribution in [0, 0.1) is 3.57 Å². The molecule has 1 amide bonds. The van der Waals surface area contributed by atoms with Gasteiger partial charge in [0.05, 0.1) is 5.56 Å². The first kappa shape index (κ1) is 16.3. The van der Waals surface area contributed by atoms with Gasteiger partial charge in [-0.1, -0.05) is 12.1 Å². The molecule has 0 spiro atoms. The first-order valence-corrected chi connectivity index (χ1v) is 8.31. The number of amides is 1. The van der Waals surface area contributed by atoms with Crippen LogP contribution in [0.25, 0.3) is 0 Å². The molecule has 0 unspecified atom stereocenters. The minimum atomic E-state index is -0.439. The van der Waals surface area contributed by atoms with Gasteiger partial charge in [-0.3, -0.25) is 4.79 Å². The van der Waals surface area contributed by atoms with Crippen molar-refractivity contribution in [1.29, 1.82) is 0 Å². The molecule has 0 aliphatic carbocycles. The zero-order chi connectivity index (χ0) is 15.4. The van der Waals surface area contributed by atoms with Crippen molar-refractivity contribution in [2.75, 3.05) is 6.61 Å². The highest BCUT2D eigenvalue weighted by atomic mass is 127. The number of halogens is 1. The summed E-state index contributed by atoms with van der Waals surface area (Å²) in [7, 11) is 0. The molecule has 114 valence electrons. The lowest BCUT2D eigenvalue weighted by Gasteiger charge is -2.38. The SMILES string of the molecule is C[C@@H]1CCC[C@H](C)N1C(=O)COC(=O)c1ccccc1I. The average Bonchev–Trinajstić information content (AvgIpc) is 2.45. The monoisotopic (exact) mass is 401 g/mol. The van der Waals surface area contributed by atoms with E-state index < -0.39 is 5.97 Å². The molecule has 21 heavy (non-hydrogen) atoms. The molecule has 0 N–H and O–H groups in total. The van der Waals surface area contributed by atoms with Crippen LogP contribution in [0.3, 0.4) is 0 Å². The van der Waals surface area contributed by atoms with E-state index in [0.717, 1.165) is 22.8 Å². The number of rotatable bonds is 3. The number of hydrogen-bond donors (Lipinski definition) is 0. The summed E-state index contributed by atoms with van der Waals surface area (Å²) in [6, 6.07) is 7.64. The van der Waals surface area contributed by atoms with Gasteiger partial charge in [0.25, 0.3) is 5.91 Å². The van der Waals surface area contributed by atoms with Crippen molar-refractivity contribution in [3.63, 3.8) is 0 Å². The number of carbonyl (C=O) groups is 2. The zero-order valence-electron chi connectivity index (χ0n) is 12.3. The number of carbonyl (C=O) groups excluding carboxylic acids is 2. The Morgan fingerprint density at radius 1 is 1.24 bits per heavy atom. The topological polar surface area (TPSA) is 46.6 Å². The van der Waals surface area contributed by atoms with Crippen LogP contribution >= 0.6 is 22.6 Å². The van der Waals surface area contributed by atoms with Crippen molar-refractivity contribution in [2.24, 2.45) is 0 Å². The van der Waals surface area contributed by atoms with E-state index in [1.54, 1.807) is 12.1 Å². The number of nitrogens with zero attached hydrogens (tertiary/aromatic N) is 1. The summed E-state index contributed by atoms with van der Waals surface area (Å²) in [5.74, 6) is -0.542. The maximum Gasteiger partial charge on any atom is 0.339 e. The standard InChI is InChI=1S/C16H20INO3/c1-11-6-5-7-12(2)18(11)15(19)10-21-16(20)13-8-3-4-9-14(13)17/h3-4,8-9,11-12H,5-7,10H2,1-2H3/t11-,12+. The Morgan fingerprint density at radius 2 is 1.86 bits per heavy atom. The summed E-state index contributed by atoms with van der Waals surface area (Å²) < 4.78 is 6.01. The number of esters is 1. The summed E-state index contributed by atoms with van der Waals surface area (Å²) in [5.41, 5.74) is 0.505. The van der Waals surface area contributed by atoms with E-state index >= 15 is 0 Å². The molecule has 1 aromatic carbocycles. The van der Waals surface area contributed by atoms with Crippen LogP contribution in [0.1, 0.15) is 43.5 Å². The van der Waals surface area contributed by atoms with Crippen LogP contribution in [0.2, 0.25) is 0 Å². The van der Waals surface area contributed by atoms with E-state index in [1.165, 1.54) is 0 Å². The molecule has 1 aromatic rings. The Morgan fingerprint density at radius 3 is 2.48 bits per heavy atom. The Kier molecular flexibility index (Phi) is 5.61. The maximum atomic E-state index is 12.3. The predicted molar refractivity (Wildman–Crippen MR) is 89.1 cm³/mol. The summed E-state index contributed by atoms with van der Waals surface area (Å²) in [4.78, 5) is 26.2. The van der Waals surface area contributed by atoms with Crippen LogP contribution in [-0.4, -0.2) is 35.5 Å². The minimum Gasteiger partial charge on any atom is -0.452 e. The fraction of sp³-hybridized carbons (Fsp3) is 0.500. The van der Waals surface area contributed by atoms with E-state index in [2.05, 4.69) is 36.4 Å². The first-order chi connectivity index (χ1) is 10.0. The van der Waals surface area contributed by atoms with Crippen molar-refractivity contribution in [3.8, 4) is 0 Å². The Hall–Kier alpha value is -1.11. The van der Waals surface area contributed by atoms with Crippen LogP contribution in [0.15, 0.2) is 24.3 Å². The van der Waals surface area contributed by atoms with Gasteiger partial charge in [0.15, 0.2) is 6.61 Å². The van der Waals surface area contributed by atoms with Crippen LogP contribution < -0.4 is 0 Å². The molecule has 2 rings (SSSR count). The van der Waals surface area contributed by atoms with E-state index in [0.29, 0.717) is 5.56 Å². The summed E-state index contributed by atoms with van der Waals surface area (Å²) in [6.45, 7) is 3.92. The Bertz CT molecular complexity index is 522. The van der Waals surface area contributed by atoms with Gasteiger partial charge in [-0.2, -0.15) is 0 Å². The molecule has 5 heteroatoms. The predicted octanol–water partition coefficient (Wildman–Crippen LogP) is 3.24. The van der Waals surface area contributed by atoms with Crippen LogP contribution in [0.5, 0.6) is 0 Å². The van der Waals surface area contributed by atoms with Crippen molar-refractivity contribution in [2.45, 2.75) is 45.2 Å². The van der Waals surface area contributed by atoms with Gasteiger partial charge >= 0.3 is 5.97 Å². The molecule has 1 fully saturated rings. The molecule has 4 nitrogen and oxygen atoms in total. The third kappa shape index (κ3) is 3.96. The maximum absolute atomic E-state index is 12.3. The van der Waals surface area contributed by atoms with Crippen molar-refractivity contribution < 1.29 is 14.3 Å². The van der Waals surface area contributed by atoms with Gasteiger partial charge in [0.2, 0.25) is 0 Å². The fourth-order valence-corrected chi connectivity index (χ4v) is 3.43. The molecular weight excluding hydrogens is 381 g/mol. The highest BCUT2D eigenvalue weighted by Crippen LogP contribution is 2.22.